The van der Waals surface area contributed by atoms with Gasteiger partial charge < -0.3 is 20.7 Å². The van der Waals surface area contributed by atoms with E-state index in [1.54, 1.807) is 34.6 Å². The minimum absolute atomic E-state index is 0.0298. The Morgan fingerprint density at radius 1 is 0.955 bits per heavy atom. The predicted molar refractivity (Wildman–Crippen MR) is 169 cm³/mol. The molecule has 0 spiro atoms. The van der Waals surface area contributed by atoms with Gasteiger partial charge in [0, 0.05) is 30.9 Å². The standard InChI is InChI=1S/C32H43ClN4O7/c1-19(2)15-22(17-27(38)28(20(3)4)36-31(41)44-32(5,6)7)29(39)35-26(16-21-11-9-8-10-12-21)30(40)34-25-14-13-23(37(42)43)18-24(25)33/h8-14,18-20,22,26,28H,15-17H2,1-7H3,(H,34,40)(H,35,39)(H,36,41)/t22-,26+,28+/m1/s1. The summed E-state index contributed by atoms with van der Waals surface area (Å²) in [5, 5.41) is 19.2. The lowest BCUT2D eigenvalue weighted by Crippen LogP contribution is -2.50. The first-order valence-electron chi connectivity index (χ1n) is 14.6. The molecule has 0 fully saturated rings. The molecule has 11 nitrogen and oxygen atoms in total. The molecule has 3 amide bonds. The number of alkyl carbamates (subject to hydrolysis) is 1. The van der Waals surface area contributed by atoms with Crippen molar-refractivity contribution < 1.29 is 28.8 Å². The Morgan fingerprint density at radius 2 is 1.59 bits per heavy atom. The summed E-state index contributed by atoms with van der Waals surface area (Å²) in [6.45, 7) is 12.6. The number of anilines is 1. The molecule has 0 bridgehead atoms. The zero-order chi connectivity index (χ0) is 33.2. The van der Waals surface area contributed by atoms with E-state index >= 15 is 0 Å². The molecule has 0 aliphatic carbocycles. The van der Waals surface area contributed by atoms with E-state index in [1.807, 2.05) is 44.2 Å². The molecule has 0 aliphatic rings. The molecule has 0 heterocycles. The second-order valence-electron chi connectivity index (χ2n) is 12.5. The molecule has 2 rings (SSSR count). The Morgan fingerprint density at radius 3 is 2.11 bits per heavy atom. The van der Waals surface area contributed by atoms with Crippen molar-refractivity contribution in [3.8, 4) is 0 Å². The second-order valence-corrected chi connectivity index (χ2v) is 12.9. The number of carbonyl (C=O) groups excluding carboxylic acids is 4. The maximum Gasteiger partial charge on any atom is 0.408 e. The van der Waals surface area contributed by atoms with Crippen LogP contribution in [0.15, 0.2) is 48.5 Å². The summed E-state index contributed by atoms with van der Waals surface area (Å²) in [6.07, 6.45) is -0.377. The summed E-state index contributed by atoms with van der Waals surface area (Å²) in [5.74, 6) is -2.39. The first-order valence-corrected chi connectivity index (χ1v) is 15.0. The highest BCUT2D eigenvalue weighted by Gasteiger charge is 2.33. The van der Waals surface area contributed by atoms with Crippen molar-refractivity contribution in [2.24, 2.45) is 17.8 Å². The summed E-state index contributed by atoms with van der Waals surface area (Å²) >= 11 is 6.20. The second kappa shape index (κ2) is 16.2. The highest BCUT2D eigenvalue weighted by Crippen LogP contribution is 2.27. The smallest absolute Gasteiger partial charge is 0.408 e. The Bertz CT molecular complexity index is 1330. The first-order chi connectivity index (χ1) is 20.5. The molecule has 44 heavy (non-hydrogen) atoms. The third kappa shape index (κ3) is 11.9. The summed E-state index contributed by atoms with van der Waals surface area (Å²) < 4.78 is 5.33. The molecule has 0 aliphatic heterocycles. The number of nitro groups is 1. The SMILES string of the molecule is CC(C)C[C@H](CC(=O)[C@@H](NC(=O)OC(C)(C)C)C(C)C)C(=O)N[C@@H](Cc1ccccc1)C(=O)Nc1ccc([N+](=O)[O-])cc1Cl. The summed E-state index contributed by atoms with van der Waals surface area (Å²) in [7, 11) is 0. The van der Waals surface area contributed by atoms with Crippen molar-refractivity contribution in [2.75, 3.05) is 5.32 Å². The Kier molecular flexibility index (Phi) is 13.3. The van der Waals surface area contributed by atoms with E-state index < -0.39 is 46.4 Å². The molecule has 0 radical (unpaired) electrons. The molecular formula is C32H43ClN4O7. The van der Waals surface area contributed by atoms with Crippen LogP contribution in [0.3, 0.4) is 0 Å². The van der Waals surface area contributed by atoms with Gasteiger partial charge in [-0.05, 0) is 50.7 Å². The molecule has 3 N–H and O–H groups in total. The molecule has 0 unspecified atom stereocenters. The van der Waals surface area contributed by atoms with E-state index in [4.69, 9.17) is 16.3 Å². The molecule has 2 aromatic rings. The van der Waals surface area contributed by atoms with Gasteiger partial charge in [0.2, 0.25) is 11.8 Å². The topological polar surface area (TPSA) is 157 Å². The zero-order valence-corrected chi connectivity index (χ0v) is 27.1. The molecule has 3 atom stereocenters. The van der Waals surface area contributed by atoms with Crippen molar-refractivity contribution >= 4 is 46.7 Å². The van der Waals surface area contributed by atoms with Crippen LogP contribution in [0, 0.1) is 27.9 Å². The summed E-state index contributed by atoms with van der Waals surface area (Å²) in [5.41, 5.74) is -0.0526. The number of benzene rings is 2. The van der Waals surface area contributed by atoms with Gasteiger partial charge in [0.15, 0.2) is 5.78 Å². The fraction of sp³-hybridized carbons (Fsp3) is 0.500. The number of nitrogens with zero attached hydrogens (tertiary/aromatic N) is 1. The molecule has 0 saturated carbocycles. The number of ketones is 1. The number of hydrogen-bond donors (Lipinski definition) is 3. The van der Waals surface area contributed by atoms with Crippen LogP contribution in [0.1, 0.15) is 66.9 Å². The van der Waals surface area contributed by atoms with Gasteiger partial charge in [-0.25, -0.2) is 4.79 Å². The Balaban J connectivity index is 2.29. The molecule has 0 saturated heterocycles. The van der Waals surface area contributed by atoms with E-state index in [0.29, 0.717) is 6.42 Å². The normalized spacial score (nSPS) is 13.5. The van der Waals surface area contributed by atoms with Crippen LogP contribution in [0.25, 0.3) is 0 Å². The number of non-ortho nitro benzene ring substituents is 1. The largest absolute Gasteiger partial charge is 0.444 e. The molecule has 240 valence electrons. The van der Waals surface area contributed by atoms with Crippen molar-refractivity contribution in [1.29, 1.82) is 0 Å². The van der Waals surface area contributed by atoms with Crippen molar-refractivity contribution in [3.05, 3.63) is 69.2 Å². The molecule has 12 heteroatoms. The van der Waals surface area contributed by atoms with E-state index in [2.05, 4.69) is 16.0 Å². The highest BCUT2D eigenvalue weighted by molar-refractivity contribution is 6.34. The van der Waals surface area contributed by atoms with Gasteiger partial charge in [-0.2, -0.15) is 0 Å². The van der Waals surface area contributed by atoms with Crippen LogP contribution in [0.4, 0.5) is 16.2 Å². The van der Waals surface area contributed by atoms with Gasteiger partial charge in [-0.1, -0.05) is 69.6 Å². The maximum atomic E-state index is 13.7. The molecular weight excluding hydrogens is 588 g/mol. The predicted octanol–water partition coefficient (Wildman–Crippen LogP) is 6.09. The Hall–Kier alpha value is -3.99. The van der Waals surface area contributed by atoms with E-state index in [9.17, 15) is 29.3 Å². The number of ether oxygens (including phenoxy) is 1. The zero-order valence-electron chi connectivity index (χ0n) is 26.3. The number of halogens is 1. The Labute approximate surface area is 263 Å². The number of carbonyl (C=O) groups is 4. The number of Topliss-reactive ketones (excluding diaryl/α,β-unsaturated/α-hetero) is 1. The quantitative estimate of drug-likeness (QED) is 0.168. The maximum absolute atomic E-state index is 13.7. The average Bonchev–Trinajstić information content (AvgIpc) is 2.91. The fourth-order valence-corrected chi connectivity index (χ4v) is 4.78. The van der Waals surface area contributed by atoms with Crippen LogP contribution < -0.4 is 16.0 Å². The minimum atomic E-state index is -1.05. The lowest BCUT2D eigenvalue weighted by molar-refractivity contribution is -0.384. The van der Waals surface area contributed by atoms with E-state index in [0.717, 1.165) is 11.6 Å². The molecule has 0 aromatic heterocycles. The van der Waals surface area contributed by atoms with Gasteiger partial charge in [-0.15, -0.1) is 0 Å². The number of amides is 3. The van der Waals surface area contributed by atoms with Gasteiger partial charge in [0.1, 0.15) is 11.6 Å². The van der Waals surface area contributed by atoms with Crippen LogP contribution in [0.5, 0.6) is 0 Å². The third-order valence-corrected chi connectivity index (χ3v) is 6.91. The van der Waals surface area contributed by atoms with Gasteiger partial charge in [0.25, 0.3) is 5.69 Å². The van der Waals surface area contributed by atoms with Crippen LogP contribution in [-0.2, 0) is 25.5 Å². The number of nitro benzene ring substituents is 1. The minimum Gasteiger partial charge on any atom is -0.444 e. The van der Waals surface area contributed by atoms with Gasteiger partial charge >= 0.3 is 6.09 Å². The highest BCUT2D eigenvalue weighted by atomic mass is 35.5. The fourth-order valence-electron chi connectivity index (χ4n) is 4.56. The van der Waals surface area contributed by atoms with Crippen LogP contribution >= 0.6 is 11.6 Å². The van der Waals surface area contributed by atoms with Crippen molar-refractivity contribution in [2.45, 2.75) is 85.4 Å². The number of hydrogen-bond acceptors (Lipinski definition) is 7. The van der Waals surface area contributed by atoms with Crippen LogP contribution in [-0.4, -0.2) is 46.3 Å². The third-order valence-electron chi connectivity index (χ3n) is 6.60. The average molecular weight is 631 g/mol. The number of nitrogens with one attached hydrogen (secondary N) is 3. The summed E-state index contributed by atoms with van der Waals surface area (Å²) in [6, 6.07) is 10.8. The lowest BCUT2D eigenvalue weighted by Gasteiger charge is -2.27. The van der Waals surface area contributed by atoms with E-state index in [-0.39, 0.29) is 46.9 Å². The monoisotopic (exact) mass is 630 g/mol. The van der Waals surface area contributed by atoms with Crippen molar-refractivity contribution in [1.82, 2.24) is 10.6 Å². The van der Waals surface area contributed by atoms with Crippen LogP contribution in [0.2, 0.25) is 5.02 Å². The molecule has 2 aromatic carbocycles. The first kappa shape index (κ1) is 36.2. The summed E-state index contributed by atoms with van der Waals surface area (Å²) in [4.78, 5) is 63.6. The van der Waals surface area contributed by atoms with E-state index in [1.165, 1.54) is 12.1 Å². The van der Waals surface area contributed by atoms with Gasteiger partial charge in [-0.3, -0.25) is 24.5 Å². The lowest BCUT2D eigenvalue weighted by atomic mass is 9.87. The van der Waals surface area contributed by atoms with Crippen molar-refractivity contribution in [3.63, 3.8) is 0 Å². The number of rotatable bonds is 14. The van der Waals surface area contributed by atoms with Gasteiger partial charge in [0.05, 0.1) is 21.7 Å².